The Balaban J connectivity index is 4.80. The first-order chi connectivity index (χ1) is 7.25. The highest BCUT2D eigenvalue weighted by Gasteiger charge is 2.24. The van der Waals surface area contributed by atoms with Gasteiger partial charge in [-0.2, -0.15) is 0 Å². The summed E-state index contributed by atoms with van der Waals surface area (Å²) in [6.45, 7) is 21.9. The van der Waals surface area contributed by atoms with Crippen molar-refractivity contribution in [3.63, 3.8) is 0 Å². The highest BCUT2D eigenvalue weighted by molar-refractivity contribution is 5.09. The van der Waals surface area contributed by atoms with Gasteiger partial charge < -0.3 is 0 Å². The van der Waals surface area contributed by atoms with Gasteiger partial charge in [-0.15, -0.1) is 0 Å². The number of allylic oxidation sites excluding steroid dienone is 2. The third-order valence-electron chi connectivity index (χ3n) is 3.20. The predicted octanol–water partition coefficient (Wildman–Crippen LogP) is 5.46. The third kappa shape index (κ3) is 5.53. The fourth-order valence-electron chi connectivity index (χ4n) is 2.43. The minimum Gasteiger partial charge on any atom is -0.0998 e. The lowest BCUT2D eigenvalue weighted by molar-refractivity contribution is 0.314. The number of rotatable bonds is 7. The van der Waals surface area contributed by atoms with Crippen LogP contribution >= 0.6 is 0 Å². The maximum atomic E-state index is 4.18. The second-order valence-corrected chi connectivity index (χ2v) is 6.16. The van der Waals surface area contributed by atoms with Crippen LogP contribution in [0.2, 0.25) is 0 Å². The Kier molecular flexibility index (Phi) is 6.71. The minimum absolute atomic E-state index is 0.611. The van der Waals surface area contributed by atoms with Crippen molar-refractivity contribution < 1.29 is 0 Å². The van der Waals surface area contributed by atoms with Crippen LogP contribution in [0.5, 0.6) is 0 Å². The van der Waals surface area contributed by atoms with Crippen LogP contribution in [0.1, 0.15) is 54.4 Å². The molecule has 0 heterocycles. The van der Waals surface area contributed by atoms with Gasteiger partial charge in [-0.25, -0.2) is 0 Å². The summed E-state index contributed by atoms with van der Waals surface area (Å²) in [6, 6.07) is 0. The van der Waals surface area contributed by atoms with Gasteiger partial charge in [-0.1, -0.05) is 52.0 Å². The zero-order valence-corrected chi connectivity index (χ0v) is 12.1. The second-order valence-electron chi connectivity index (χ2n) is 6.16. The lowest BCUT2D eigenvalue weighted by Gasteiger charge is -2.31. The quantitative estimate of drug-likeness (QED) is 0.501. The molecular formula is C16H30. The highest BCUT2D eigenvalue weighted by atomic mass is 14.3. The molecule has 0 radical (unpaired) electrons. The van der Waals surface area contributed by atoms with Crippen LogP contribution in [0, 0.1) is 23.7 Å². The van der Waals surface area contributed by atoms with Gasteiger partial charge in [0, 0.05) is 0 Å². The van der Waals surface area contributed by atoms with Crippen molar-refractivity contribution in [2.45, 2.75) is 54.4 Å². The smallest absolute Gasteiger partial charge is 0.0141 e. The molecule has 16 heavy (non-hydrogen) atoms. The average molecular weight is 222 g/mol. The van der Waals surface area contributed by atoms with E-state index in [4.69, 9.17) is 0 Å². The van der Waals surface area contributed by atoms with Gasteiger partial charge in [0.05, 0.1) is 0 Å². The van der Waals surface area contributed by atoms with Gasteiger partial charge in [0.2, 0.25) is 0 Å². The summed E-state index contributed by atoms with van der Waals surface area (Å²) >= 11 is 0. The maximum Gasteiger partial charge on any atom is -0.0141 e. The van der Waals surface area contributed by atoms with Crippen LogP contribution < -0.4 is 0 Å². The van der Waals surface area contributed by atoms with Gasteiger partial charge in [-0.3, -0.25) is 0 Å². The topological polar surface area (TPSA) is 0 Å². The molecule has 0 fully saturated rings. The van der Waals surface area contributed by atoms with Crippen LogP contribution in [0.3, 0.4) is 0 Å². The van der Waals surface area contributed by atoms with Gasteiger partial charge in [0.1, 0.15) is 0 Å². The van der Waals surface area contributed by atoms with E-state index >= 15 is 0 Å². The molecule has 0 rings (SSSR count). The zero-order chi connectivity index (χ0) is 12.9. The van der Waals surface area contributed by atoms with E-state index in [1.54, 1.807) is 0 Å². The Hall–Kier alpha value is -0.520. The Morgan fingerprint density at radius 3 is 1.12 bits per heavy atom. The van der Waals surface area contributed by atoms with Gasteiger partial charge in [-0.05, 0) is 50.4 Å². The first kappa shape index (κ1) is 15.5. The summed E-state index contributed by atoms with van der Waals surface area (Å²) in [7, 11) is 0. The molecule has 2 unspecified atom stereocenters. The molecule has 0 N–H and O–H groups in total. The molecule has 0 aliphatic carbocycles. The molecule has 0 amide bonds. The molecule has 0 aromatic heterocycles. The standard InChI is InChI=1S/C16H30/c1-11(2)9-15(13(5)6)16(14(7)8)10-12(3)4/h11-12,15-16H,5,7,9-10H2,1-4,6,8H3. The summed E-state index contributed by atoms with van der Waals surface area (Å²) in [5.41, 5.74) is 2.64. The van der Waals surface area contributed by atoms with Crippen molar-refractivity contribution in [2.24, 2.45) is 23.7 Å². The van der Waals surface area contributed by atoms with E-state index in [1.807, 2.05) is 0 Å². The molecule has 2 atom stereocenters. The molecule has 0 aliphatic rings. The second kappa shape index (κ2) is 6.93. The van der Waals surface area contributed by atoms with Crippen LogP contribution in [0.25, 0.3) is 0 Å². The number of hydrogen-bond acceptors (Lipinski definition) is 0. The first-order valence-corrected chi connectivity index (χ1v) is 6.56. The SMILES string of the molecule is C=C(C)C(CC(C)C)C(CC(C)C)C(=C)C. The summed E-state index contributed by atoms with van der Waals surface area (Å²) in [5.74, 6) is 2.69. The summed E-state index contributed by atoms with van der Waals surface area (Å²) in [5, 5.41) is 0. The molecule has 94 valence electrons. The highest BCUT2D eigenvalue weighted by Crippen LogP contribution is 2.35. The van der Waals surface area contributed by atoms with Crippen molar-refractivity contribution >= 4 is 0 Å². The molecule has 0 spiro atoms. The van der Waals surface area contributed by atoms with E-state index in [1.165, 1.54) is 24.0 Å². The van der Waals surface area contributed by atoms with Crippen LogP contribution in [-0.4, -0.2) is 0 Å². The third-order valence-corrected chi connectivity index (χ3v) is 3.20. The van der Waals surface area contributed by atoms with E-state index in [9.17, 15) is 0 Å². The van der Waals surface area contributed by atoms with Crippen LogP contribution in [-0.2, 0) is 0 Å². The maximum absolute atomic E-state index is 4.18. The van der Waals surface area contributed by atoms with E-state index in [0.717, 1.165) is 11.8 Å². The molecule has 0 saturated carbocycles. The van der Waals surface area contributed by atoms with Crippen molar-refractivity contribution in [3.8, 4) is 0 Å². The molecular weight excluding hydrogens is 192 g/mol. The normalized spacial score (nSPS) is 15.2. The zero-order valence-electron chi connectivity index (χ0n) is 12.1. The fourth-order valence-corrected chi connectivity index (χ4v) is 2.43. The average Bonchev–Trinajstić information content (AvgIpc) is 2.09. The Labute approximate surface area is 103 Å². The van der Waals surface area contributed by atoms with E-state index in [2.05, 4.69) is 54.7 Å². The summed E-state index contributed by atoms with van der Waals surface area (Å²) in [4.78, 5) is 0. The first-order valence-electron chi connectivity index (χ1n) is 6.56. The van der Waals surface area contributed by atoms with Crippen molar-refractivity contribution in [3.05, 3.63) is 24.3 Å². The Bertz CT molecular complexity index is 206. The Morgan fingerprint density at radius 2 is 1.00 bits per heavy atom. The monoisotopic (exact) mass is 222 g/mol. The summed E-state index contributed by atoms with van der Waals surface area (Å²) in [6.07, 6.45) is 2.47. The molecule has 0 aromatic rings. The molecule has 0 aromatic carbocycles. The molecule has 0 saturated heterocycles. The number of hydrogen-bond donors (Lipinski definition) is 0. The minimum atomic E-state index is 0.611. The van der Waals surface area contributed by atoms with Crippen molar-refractivity contribution in [2.75, 3.05) is 0 Å². The predicted molar refractivity (Wildman–Crippen MR) is 75.5 cm³/mol. The van der Waals surface area contributed by atoms with Crippen molar-refractivity contribution in [1.29, 1.82) is 0 Å². The summed E-state index contributed by atoms with van der Waals surface area (Å²) < 4.78 is 0. The largest absolute Gasteiger partial charge is 0.0998 e. The van der Waals surface area contributed by atoms with Gasteiger partial charge in [0.25, 0.3) is 0 Å². The van der Waals surface area contributed by atoms with Gasteiger partial charge in [0.15, 0.2) is 0 Å². The molecule has 0 bridgehead atoms. The van der Waals surface area contributed by atoms with Crippen molar-refractivity contribution in [1.82, 2.24) is 0 Å². The van der Waals surface area contributed by atoms with E-state index < -0.39 is 0 Å². The van der Waals surface area contributed by atoms with Crippen LogP contribution in [0.15, 0.2) is 24.3 Å². The Morgan fingerprint density at radius 1 is 0.750 bits per heavy atom. The van der Waals surface area contributed by atoms with Crippen LogP contribution in [0.4, 0.5) is 0 Å². The lowest BCUT2D eigenvalue weighted by Crippen LogP contribution is -2.20. The fraction of sp³-hybridized carbons (Fsp3) is 0.750. The molecule has 0 heteroatoms. The van der Waals surface area contributed by atoms with E-state index in [-0.39, 0.29) is 0 Å². The lowest BCUT2D eigenvalue weighted by atomic mass is 9.74. The molecule has 0 nitrogen and oxygen atoms in total. The molecule has 0 aliphatic heterocycles. The van der Waals surface area contributed by atoms with Gasteiger partial charge >= 0.3 is 0 Å². The van der Waals surface area contributed by atoms with E-state index in [0.29, 0.717) is 11.8 Å².